The molecule has 1 saturated carbocycles. The third-order valence-corrected chi connectivity index (χ3v) is 4.53. The molecule has 1 aromatic rings. The highest BCUT2D eigenvalue weighted by Crippen LogP contribution is 2.35. The van der Waals surface area contributed by atoms with Crippen LogP contribution in [-0.2, 0) is 0 Å². The molecule has 2 heterocycles. The fourth-order valence-corrected chi connectivity index (χ4v) is 3.26. The maximum Gasteiger partial charge on any atom is 0.254 e. The Morgan fingerprint density at radius 1 is 1.28 bits per heavy atom. The first-order chi connectivity index (χ1) is 8.65. The minimum atomic E-state index is -0.425. The van der Waals surface area contributed by atoms with Crippen LogP contribution in [0, 0.1) is 11.7 Å². The molecule has 1 aliphatic carbocycles. The largest absolute Gasteiger partial charge is 0.335 e. The number of hydrogen-bond acceptors (Lipinski definition) is 2. The average molecular weight is 265 g/mol. The second-order valence-corrected chi connectivity index (χ2v) is 5.78. The van der Waals surface area contributed by atoms with Gasteiger partial charge in [-0.05, 0) is 49.8 Å². The van der Waals surface area contributed by atoms with E-state index in [4.69, 9.17) is 0 Å². The quantitative estimate of drug-likeness (QED) is 0.774. The lowest BCUT2D eigenvalue weighted by Crippen LogP contribution is -2.50. The summed E-state index contributed by atoms with van der Waals surface area (Å²) in [5.41, 5.74) is 0.442. The van der Waals surface area contributed by atoms with Gasteiger partial charge in [-0.25, -0.2) is 4.39 Å². The van der Waals surface area contributed by atoms with E-state index in [1.54, 1.807) is 12.1 Å². The predicted octanol–water partition coefficient (Wildman–Crippen LogP) is 3.13. The summed E-state index contributed by atoms with van der Waals surface area (Å²) in [4.78, 5) is 14.6. The van der Waals surface area contributed by atoms with Crippen LogP contribution in [0.3, 0.4) is 0 Å². The van der Waals surface area contributed by atoms with Crippen molar-refractivity contribution in [1.29, 1.82) is 0 Å². The van der Waals surface area contributed by atoms with Crippen molar-refractivity contribution in [2.24, 2.45) is 5.92 Å². The summed E-state index contributed by atoms with van der Waals surface area (Å²) < 4.78 is 13.4. The van der Waals surface area contributed by atoms with Crippen LogP contribution in [0.5, 0.6) is 0 Å². The minimum Gasteiger partial charge on any atom is -0.335 e. The van der Waals surface area contributed by atoms with Crippen molar-refractivity contribution in [1.82, 2.24) is 4.90 Å². The van der Waals surface area contributed by atoms with Crippen LogP contribution >= 0.6 is 12.6 Å². The van der Waals surface area contributed by atoms with E-state index in [0.717, 1.165) is 19.4 Å². The topological polar surface area (TPSA) is 20.3 Å². The molecule has 2 aliphatic heterocycles. The number of halogens is 1. The lowest BCUT2D eigenvalue weighted by Gasteiger charge is -2.45. The molecular weight excluding hydrogens is 249 g/mol. The van der Waals surface area contributed by atoms with Gasteiger partial charge in [-0.2, -0.15) is 0 Å². The number of hydrogen-bond donors (Lipinski definition) is 1. The summed E-state index contributed by atoms with van der Waals surface area (Å²) in [5, 5.41) is 0. The Labute approximate surface area is 112 Å². The second kappa shape index (κ2) is 4.57. The van der Waals surface area contributed by atoms with Crippen molar-refractivity contribution in [3.05, 3.63) is 29.6 Å². The van der Waals surface area contributed by atoms with Gasteiger partial charge in [0.2, 0.25) is 0 Å². The zero-order chi connectivity index (χ0) is 12.7. The van der Waals surface area contributed by atoms with E-state index in [1.807, 2.05) is 4.90 Å². The van der Waals surface area contributed by atoms with Gasteiger partial charge in [-0.1, -0.05) is 0 Å². The van der Waals surface area contributed by atoms with Crippen molar-refractivity contribution in [3.63, 3.8) is 0 Å². The molecule has 0 unspecified atom stereocenters. The molecular formula is C14H16FNOS. The van der Waals surface area contributed by atoms with Gasteiger partial charge in [0.15, 0.2) is 0 Å². The molecule has 0 N–H and O–H groups in total. The van der Waals surface area contributed by atoms with Gasteiger partial charge < -0.3 is 4.90 Å². The molecule has 0 radical (unpaired) electrons. The molecule has 3 aliphatic rings. The van der Waals surface area contributed by atoms with Crippen LogP contribution in [0.2, 0.25) is 0 Å². The lowest BCUT2D eigenvalue weighted by molar-refractivity contribution is 0.0333. The third-order valence-electron chi connectivity index (χ3n) is 4.17. The van der Waals surface area contributed by atoms with E-state index in [2.05, 4.69) is 12.6 Å². The van der Waals surface area contributed by atoms with Crippen LogP contribution in [0.25, 0.3) is 0 Å². The summed E-state index contributed by atoms with van der Waals surface area (Å²) in [7, 11) is 0. The van der Waals surface area contributed by atoms with E-state index in [-0.39, 0.29) is 10.8 Å². The van der Waals surface area contributed by atoms with Crippen molar-refractivity contribution < 1.29 is 9.18 Å². The zero-order valence-corrected chi connectivity index (χ0v) is 11.0. The van der Waals surface area contributed by atoms with Gasteiger partial charge in [-0.15, -0.1) is 12.6 Å². The number of amides is 1. The number of thiol groups is 1. The lowest BCUT2D eigenvalue weighted by atomic mass is 9.79. The van der Waals surface area contributed by atoms with Crippen molar-refractivity contribution in [3.8, 4) is 0 Å². The van der Waals surface area contributed by atoms with Gasteiger partial charge in [0.1, 0.15) is 5.82 Å². The second-order valence-electron chi connectivity index (χ2n) is 5.30. The van der Waals surface area contributed by atoms with Gasteiger partial charge in [-0.3, -0.25) is 4.79 Å². The van der Waals surface area contributed by atoms with E-state index in [9.17, 15) is 9.18 Å². The maximum atomic E-state index is 13.4. The SMILES string of the molecule is O=C(c1ccc(S)c(F)c1)N1CC2CCC1CC2. The Bertz CT molecular complexity index is 483. The molecule has 0 aromatic heterocycles. The number of nitrogens with zero attached hydrogens (tertiary/aromatic N) is 1. The van der Waals surface area contributed by atoms with Crippen LogP contribution in [0.4, 0.5) is 4.39 Å². The van der Waals surface area contributed by atoms with Gasteiger partial charge >= 0.3 is 0 Å². The molecule has 0 atom stereocenters. The van der Waals surface area contributed by atoms with Crippen molar-refractivity contribution in [2.45, 2.75) is 36.6 Å². The first-order valence-corrected chi connectivity index (χ1v) is 6.89. The molecule has 4 heteroatoms. The molecule has 18 heavy (non-hydrogen) atoms. The maximum absolute atomic E-state index is 13.4. The van der Waals surface area contributed by atoms with Crippen LogP contribution in [0.15, 0.2) is 23.1 Å². The normalized spacial score (nSPS) is 26.4. The van der Waals surface area contributed by atoms with Gasteiger partial charge in [0, 0.05) is 23.0 Å². The Hall–Kier alpha value is -1.03. The summed E-state index contributed by atoms with van der Waals surface area (Å²) in [6.07, 6.45) is 4.67. The van der Waals surface area contributed by atoms with E-state index in [0.29, 0.717) is 17.5 Å². The first kappa shape index (κ1) is 12.0. The minimum absolute atomic E-state index is 0.0309. The standard InChI is InChI=1S/C14H16FNOS/c15-12-7-10(3-6-13(12)18)14(17)16-8-9-1-4-11(16)5-2-9/h3,6-7,9,11,18H,1-2,4-5,8H2. The molecule has 1 amide bonds. The van der Waals surface area contributed by atoms with Crippen LogP contribution < -0.4 is 0 Å². The number of rotatable bonds is 1. The zero-order valence-electron chi connectivity index (χ0n) is 10.1. The van der Waals surface area contributed by atoms with Gasteiger partial charge in [0.05, 0.1) is 0 Å². The summed E-state index contributed by atoms with van der Waals surface area (Å²) in [5.74, 6) is 0.191. The number of carbonyl (C=O) groups is 1. The molecule has 4 rings (SSSR count). The molecule has 2 bridgehead atoms. The molecule has 3 fully saturated rings. The molecule has 1 aromatic carbocycles. The number of carbonyl (C=O) groups excluding carboxylic acids is 1. The number of fused-ring (bicyclic) bond motifs is 3. The predicted molar refractivity (Wildman–Crippen MR) is 70.4 cm³/mol. The van der Waals surface area contributed by atoms with Crippen molar-refractivity contribution in [2.75, 3.05) is 6.54 Å². The van der Waals surface area contributed by atoms with Crippen molar-refractivity contribution >= 4 is 18.5 Å². The molecule has 2 saturated heterocycles. The van der Waals surface area contributed by atoms with Crippen LogP contribution in [-0.4, -0.2) is 23.4 Å². The summed E-state index contributed by atoms with van der Waals surface area (Å²) in [6.45, 7) is 0.841. The fraction of sp³-hybridized carbons (Fsp3) is 0.500. The monoisotopic (exact) mass is 265 g/mol. The van der Waals surface area contributed by atoms with Gasteiger partial charge in [0.25, 0.3) is 5.91 Å². The highest BCUT2D eigenvalue weighted by atomic mass is 32.1. The van der Waals surface area contributed by atoms with E-state index >= 15 is 0 Å². The average Bonchev–Trinajstić information content (AvgIpc) is 2.42. The Kier molecular flexibility index (Phi) is 3.06. The molecule has 2 nitrogen and oxygen atoms in total. The number of piperidine rings is 2. The highest BCUT2D eigenvalue weighted by molar-refractivity contribution is 7.80. The first-order valence-electron chi connectivity index (χ1n) is 6.44. The van der Waals surface area contributed by atoms with E-state index in [1.165, 1.54) is 18.9 Å². The fourth-order valence-electron chi connectivity index (χ4n) is 3.12. The Balaban J connectivity index is 1.84. The Morgan fingerprint density at radius 2 is 2.00 bits per heavy atom. The summed E-state index contributed by atoms with van der Waals surface area (Å²) >= 11 is 3.98. The molecule has 0 spiro atoms. The Morgan fingerprint density at radius 3 is 2.56 bits per heavy atom. The summed E-state index contributed by atoms with van der Waals surface area (Å²) in [6, 6.07) is 4.87. The van der Waals surface area contributed by atoms with E-state index < -0.39 is 5.82 Å². The van der Waals surface area contributed by atoms with Crippen LogP contribution in [0.1, 0.15) is 36.0 Å². The third kappa shape index (κ3) is 2.03. The molecule has 96 valence electrons. The smallest absolute Gasteiger partial charge is 0.254 e. The number of benzene rings is 1. The highest BCUT2D eigenvalue weighted by Gasteiger charge is 2.36.